The third-order valence-corrected chi connectivity index (χ3v) is 11.0. The van der Waals surface area contributed by atoms with Crippen molar-refractivity contribution in [2.45, 2.75) is 59.4 Å². The summed E-state index contributed by atoms with van der Waals surface area (Å²) in [7, 11) is 0. The number of halogens is 1. The number of piperazine rings is 1. The monoisotopic (exact) mass is 813 g/mol. The number of rotatable bonds is 13. The van der Waals surface area contributed by atoms with Crippen LogP contribution in [0.5, 0.6) is 0 Å². The number of nitrogens with zero attached hydrogens (tertiary/aromatic N) is 5. The van der Waals surface area contributed by atoms with Crippen molar-refractivity contribution in [1.29, 1.82) is 0 Å². The number of carboxylic acids is 1. The number of fused-ring (bicyclic) bond motifs is 1. The molecule has 0 saturated carbocycles. The van der Waals surface area contributed by atoms with E-state index in [-0.39, 0.29) is 49.2 Å². The number of aromatic nitrogens is 3. The molecule has 2 atom stereocenters. The third-order valence-electron chi connectivity index (χ3n) is 9.82. The molecule has 0 unspecified atom stereocenters. The van der Waals surface area contributed by atoms with Gasteiger partial charge in [-0.15, -0.1) is 10.2 Å². The lowest BCUT2D eigenvalue weighted by molar-refractivity contribution is -0.117. The SMILES string of the molecule is CCn1cc(C(=O)O)c(=O)c2cc(F)c(N3CCN(C(=O)OCc4ccc(NC(=O)[C@@H](C)c5nnc([C@@H](NC(=O)OCc6ccccc6)C(C)C)s5)cc4)CC3)cc21. The zero-order valence-corrected chi connectivity index (χ0v) is 33.3. The van der Waals surface area contributed by atoms with Crippen molar-refractivity contribution in [3.05, 3.63) is 116 Å². The second-order valence-electron chi connectivity index (χ2n) is 14.1. The van der Waals surface area contributed by atoms with Gasteiger partial charge in [-0.1, -0.05) is 67.6 Å². The van der Waals surface area contributed by atoms with E-state index in [0.717, 1.165) is 11.6 Å². The Morgan fingerprint density at radius 1 is 0.897 bits per heavy atom. The van der Waals surface area contributed by atoms with Gasteiger partial charge in [0.2, 0.25) is 11.3 Å². The number of nitrogens with one attached hydrogen (secondary N) is 2. The smallest absolute Gasteiger partial charge is 0.410 e. The van der Waals surface area contributed by atoms with E-state index in [9.17, 15) is 29.1 Å². The Bertz CT molecular complexity index is 2340. The van der Waals surface area contributed by atoms with Crippen LogP contribution in [0, 0.1) is 11.7 Å². The fourth-order valence-electron chi connectivity index (χ4n) is 6.42. The molecule has 1 fully saturated rings. The van der Waals surface area contributed by atoms with Crippen LogP contribution in [0.25, 0.3) is 10.9 Å². The van der Waals surface area contributed by atoms with Crippen molar-refractivity contribution >= 4 is 57.7 Å². The van der Waals surface area contributed by atoms with Crippen molar-refractivity contribution in [1.82, 2.24) is 25.0 Å². The number of hydrogen-bond donors (Lipinski definition) is 3. The van der Waals surface area contributed by atoms with Crippen LogP contribution in [0.4, 0.5) is 25.4 Å². The van der Waals surface area contributed by atoms with E-state index in [0.29, 0.717) is 46.4 Å². The van der Waals surface area contributed by atoms with Gasteiger partial charge in [0.05, 0.1) is 23.2 Å². The number of aromatic carboxylic acids is 1. The number of benzene rings is 3. The lowest BCUT2D eigenvalue weighted by Gasteiger charge is -2.35. The summed E-state index contributed by atoms with van der Waals surface area (Å²) in [4.78, 5) is 66.3. The lowest BCUT2D eigenvalue weighted by atomic mass is 10.1. The number of carbonyl (C=O) groups excluding carboxylic acids is 3. The Labute approximate surface area is 337 Å². The minimum atomic E-state index is -1.37. The molecule has 3 heterocycles. The highest BCUT2D eigenvalue weighted by Gasteiger charge is 2.28. The van der Waals surface area contributed by atoms with Gasteiger partial charge in [0, 0.05) is 50.0 Å². The zero-order valence-electron chi connectivity index (χ0n) is 32.4. The summed E-state index contributed by atoms with van der Waals surface area (Å²) < 4.78 is 27.8. The standard InChI is InChI=1S/C41H44FN7O8S/c1-5-47-21-30(39(52)53)35(50)29-19-31(42)33(20-32(29)47)48-15-17-49(18-16-48)41(55)57-23-27-11-13-28(14-12-27)43-36(51)25(4)37-45-46-38(58-37)34(24(2)3)44-40(54)56-22-26-9-7-6-8-10-26/h6-14,19-21,24-25,34H,5,15-18,22-23H2,1-4H3,(H,43,51)(H,44,54)(H,52,53)/t25-,34+/m1/s1. The van der Waals surface area contributed by atoms with E-state index in [2.05, 4.69) is 20.8 Å². The van der Waals surface area contributed by atoms with E-state index in [1.54, 1.807) is 53.6 Å². The molecule has 0 bridgehead atoms. The van der Waals surface area contributed by atoms with Crippen LogP contribution in [0.1, 0.15) is 71.2 Å². The largest absolute Gasteiger partial charge is 0.477 e. The predicted molar refractivity (Wildman–Crippen MR) is 216 cm³/mol. The molecule has 1 aliphatic heterocycles. The third kappa shape index (κ3) is 9.59. The predicted octanol–water partition coefficient (Wildman–Crippen LogP) is 6.53. The number of pyridine rings is 1. The van der Waals surface area contributed by atoms with Gasteiger partial charge >= 0.3 is 18.2 Å². The summed E-state index contributed by atoms with van der Waals surface area (Å²) in [5, 5.41) is 24.7. The Balaban J connectivity index is 0.975. The van der Waals surface area contributed by atoms with E-state index in [1.807, 2.05) is 44.2 Å². The Hall–Kier alpha value is -6.36. The van der Waals surface area contributed by atoms with E-state index in [1.165, 1.54) is 22.4 Å². The highest BCUT2D eigenvalue weighted by molar-refractivity contribution is 7.11. The fraction of sp³-hybridized carbons (Fsp3) is 0.341. The zero-order chi connectivity index (χ0) is 41.5. The van der Waals surface area contributed by atoms with E-state index in [4.69, 9.17) is 9.47 Å². The average molecular weight is 814 g/mol. The molecule has 304 valence electrons. The maximum atomic E-state index is 15.3. The molecule has 1 saturated heterocycles. The van der Waals surface area contributed by atoms with Gasteiger partial charge in [0.15, 0.2) is 0 Å². The quantitative estimate of drug-likeness (QED) is 0.117. The molecule has 5 aromatic rings. The highest BCUT2D eigenvalue weighted by atomic mass is 32.1. The molecule has 3 aromatic carbocycles. The number of ether oxygens (including phenoxy) is 2. The molecule has 3 N–H and O–H groups in total. The van der Waals surface area contributed by atoms with Crippen LogP contribution in [0.15, 0.2) is 77.7 Å². The van der Waals surface area contributed by atoms with Gasteiger partial charge in [-0.3, -0.25) is 9.59 Å². The van der Waals surface area contributed by atoms with Crippen LogP contribution in [-0.2, 0) is 34.0 Å². The van der Waals surface area contributed by atoms with Gasteiger partial charge in [0.25, 0.3) is 0 Å². The number of amides is 3. The molecule has 0 radical (unpaired) electrons. The number of anilines is 2. The average Bonchev–Trinajstić information content (AvgIpc) is 3.71. The normalized spacial score (nSPS) is 13.9. The van der Waals surface area contributed by atoms with Crippen molar-refractivity contribution in [3.8, 4) is 0 Å². The highest BCUT2D eigenvalue weighted by Crippen LogP contribution is 2.30. The summed E-state index contributed by atoms with van der Waals surface area (Å²) in [5.74, 6) is -2.98. The summed E-state index contributed by atoms with van der Waals surface area (Å²) in [6, 6.07) is 18.4. The molecule has 0 spiro atoms. The molecule has 2 aromatic heterocycles. The van der Waals surface area contributed by atoms with Crippen LogP contribution < -0.4 is 21.0 Å². The van der Waals surface area contributed by atoms with Crippen molar-refractivity contribution < 1.29 is 38.1 Å². The van der Waals surface area contributed by atoms with E-state index >= 15 is 4.39 Å². The van der Waals surface area contributed by atoms with Crippen molar-refractivity contribution in [2.75, 3.05) is 36.4 Å². The maximum absolute atomic E-state index is 15.3. The second kappa shape index (κ2) is 18.3. The molecular formula is C41H44FN7O8S. The first-order valence-corrected chi connectivity index (χ1v) is 19.6. The van der Waals surface area contributed by atoms with Crippen molar-refractivity contribution in [3.63, 3.8) is 0 Å². The Morgan fingerprint density at radius 3 is 2.21 bits per heavy atom. The molecule has 6 rings (SSSR count). The number of hydrogen-bond acceptors (Lipinski definition) is 11. The minimum absolute atomic E-state index is 0.00568. The molecule has 3 amide bonds. The number of carboxylic acid groups (broad SMARTS) is 1. The minimum Gasteiger partial charge on any atom is -0.477 e. The Kier molecular flexibility index (Phi) is 13.0. The fourth-order valence-corrected chi connectivity index (χ4v) is 7.54. The number of alkyl carbamates (subject to hydrolysis) is 1. The first-order chi connectivity index (χ1) is 27.8. The summed E-state index contributed by atoms with van der Waals surface area (Å²) in [6.45, 7) is 9.07. The summed E-state index contributed by atoms with van der Waals surface area (Å²) >= 11 is 1.25. The first-order valence-electron chi connectivity index (χ1n) is 18.8. The van der Waals surface area contributed by atoms with Gasteiger partial charge in [0.1, 0.15) is 34.6 Å². The molecule has 15 nitrogen and oxygen atoms in total. The van der Waals surface area contributed by atoms with Gasteiger partial charge in [-0.25, -0.2) is 18.8 Å². The van der Waals surface area contributed by atoms with Crippen LogP contribution in [0.3, 0.4) is 0 Å². The number of carbonyl (C=O) groups is 4. The van der Waals surface area contributed by atoms with Crippen LogP contribution in [0.2, 0.25) is 0 Å². The molecular weight excluding hydrogens is 770 g/mol. The molecule has 0 aliphatic carbocycles. The van der Waals surface area contributed by atoms with Crippen LogP contribution >= 0.6 is 11.3 Å². The molecule has 17 heteroatoms. The topological polar surface area (TPSA) is 185 Å². The Morgan fingerprint density at radius 2 is 1.55 bits per heavy atom. The number of aryl methyl sites for hydroxylation is 1. The molecule has 1 aliphatic rings. The second-order valence-corrected chi connectivity index (χ2v) is 15.2. The molecule has 58 heavy (non-hydrogen) atoms. The van der Waals surface area contributed by atoms with Gasteiger partial charge in [-0.05, 0) is 55.2 Å². The van der Waals surface area contributed by atoms with Gasteiger partial charge < -0.3 is 39.6 Å². The van der Waals surface area contributed by atoms with Crippen LogP contribution in [-0.4, -0.2) is 75.0 Å². The van der Waals surface area contributed by atoms with E-state index < -0.39 is 46.9 Å². The summed E-state index contributed by atoms with van der Waals surface area (Å²) in [6.07, 6.45) is 0.162. The lowest BCUT2D eigenvalue weighted by Crippen LogP contribution is -2.49. The maximum Gasteiger partial charge on any atom is 0.410 e. The summed E-state index contributed by atoms with van der Waals surface area (Å²) in [5.41, 5.74) is 1.62. The van der Waals surface area contributed by atoms with Gasteiger partial charge in [-0.2, -0.15) is 0 Å². The first kappa shape index (κ1) is 41.3. The van der Waals surface area contributed by atoms with Crippen molar-refractivity contribution in [2.24, 2.45) is 5.92 Å².